The lowest BCUT2D eigenvalue weighted by atomic mass is 10.1. The molecule has 0 aliphatic heterocycles. The quantitative estimate of drug-likeness (QED) is 0.765. The zero-order valence-electron chi connectivity index (χ0n) is 14.6. The van der Waals surface area contributed by atoms with E-state index in [4.69, 9.17) is 27.9 Å². The molecular weight excluding hydrogens is 359 g/mol. The number of halogens is 2. The Bertz CT molecular complexity index is 730. The highest BCUT2D eigenvalue weighted by Gasteiger charge is 2.11. The van der Waals surface area contributed by atoms with Crippen molar-refractivity contribution in [2.45, 2.75) is 13.8 Å². The van der Waals surface area contributed by atoms with Gasteiger partial charge >= 0.3 is 0 Å². The molecule has 2 aromatic rings. The Kier molecular flexibility index (Phi) is 7.12. The van der Waals surface area contributed by atoms with E-state index in [2.05, 4.69) is 5.32 Å². The number of rotatable bonds is 7. The summed E-state index contributed by atoms with van der Waals surface area (Å²) in [5, 5.41) is 3.89. The van der Waals surface area contributed by atoms with Gasteiger partial charge in [0.05, 0.1) is 16.6 Å². The first-order chi connectivity index (χ1) is 11.9. The first-order valence-corrected chi connectivity index (χ1v) is 8.75. The number of amides is 1. The van der Waals surface area contributed by atoms with E-state index in [9.17, 15) is 4.79 Å². The molecule has 0 aliphatic rings. The van der Waals surface area contributed by atoms with Crippen LogP contribution in [-0.2, 0) is 4.79 Å². The molecule has 0 aromatic heterocycles. The van der Waals surface area contributed by atoms with Crippen molar-refractivity contribution in [2.75, 3.05) is 32.1 Å². The summed E-state index contributed by atoms with van der Waals surface area (Å²) < 4.78 is 5.64. The van der Waals surface area contributed by atoms with Gasteiger partial charge in [0.1, 0.15) is 6.61 Å². The van der Waals surface area contributed by atoms with Gasteiger partial charge in [0.15, 0.2) is 5.75 Å². The number of para-hydroxylation sites is 1. The van der Waals surface area contributed by atoms with Crippen molar-refractivity contribution in [3.05, 3.63) is 57.6 Å². The van der Waals surface area contributed by atoms with Crippen molar-refractivity contribution in [1.29, 1.82) is 0 Å². The number of likely N-dealkylation sites (N-methyl/N-ethyl adjacent to an activating group) is 1. The third-order valence-corrected chi connectivity index (χ3v) is 4.53. The van der Waals surface area contributed by atoms with Crippen LogP contribution in [0.25, 0.3) is 0 Å². The number of hydrogen-bond donors (Lipinski definition) is 1. The first kappa shape index (κ1) is 19.6. The fourth-order valence-electron chi connectivity index (χ4n) is 2.32. The Morgan fingerprint density at radius 2 is 1.76 bits per heavy atom. The molecule has 0 atom stereocenters. The number of benzene rings is 2. The second-order valence-corrected chi connectivity index (χ2v) is 6.75. The summed E-state index contributed by atoms with van der Waals surface area (Å²) in [6.45, 7) is 5.25. The third kappa shape index (κ3) is 5.63. The Hall–Kier alpha value is -1.75. The van der Waals surface area contributed by atoms with Crippen LogP contribution >= 0.6 is 23.2 Å². The predicted molar refractivity (Wildman–Crippen MR) is 104 cm³/mol. The van der Waals surface area contributed by atoms with Crippen LogP contribution in [0.1, 0.15) is 11.1 Å². The normalized spacial score (nSPS) is 10.8. The smallest absolute Gasteiger partial charge is 0.238 e. The number of anilines is 1. The van der Waals surface area contributed by atoms with Crippen LogP contribution in [0.3, 0.4) is 0 Å². The van der Waals surface area contributed by atoms with E-state index in [0.717, 1.165) is 16.8 Å². The Morgan fingerprint density at radius 3 is 2.44 bits per heavy atom. The van der Waals surface area contributed by atoms with Crippen molar-refractivity contribution in [1.82, 2.24) is 4.90 Å². The first-order valence-electron chi connectivity index (χ1n) is 8.00. The molecule has 1 amide bonds. The molecular formula is C19H22Cl2N2O2. The molecule has 25 heavy (non-hydrogen) atoms. The predicted octanol–water partition coefficient (Wildman–Crippen LogP) is 4.56. The monoisotopic (exact) mass is 380 g/mol. The van der Waals surface area contributed by atoms with E-state index in [1.165, 1.54) is 0 Å². The van der Waals surface area contributed by atoms with Gasteiger partial charge in [-0.1, -0.05) is 41.4 Å². The van der Waals surface area contributed by atoms with Crippen LogP contribution in [0.5, 0.6) is 5.75 Å². The average molecular weight is 381 g/mol. The lowest BCUT2D eigenvalue weighted by molar-refractivity contribution is -0.117. The molecule has 2 aromatic carbocycles. The largest absolute Gasteiger partial charge is 0.489 e. The minimum Gasteiger partial charge on any atom is -0.489 e. The maximum atomic E-state index is 12.2. The van der Waals surface area contributed by atoms with Crippen LogP contribution < -0.4 is 10.1 Å². The number of hydrogen-bond acceptors (Lipinski definition) is 3. The molecule has 0 heterocycles. The van der Waals surface area contributed by atoms with Gasteiger partial charge in [0.2, 0.25) is 5.91 Å². The SMILES string of the molecule is Cc1cccc(NC(=O)CN(C)CCOc2c(Cl)cccc2Cl)c1C. The summed E-state index contributed by atoms with van der Waals surface area (Å²) in [6.07, 6.45) is 0. The average Bonchev–Trinajstić information content (AvgIpc) is 2.54. The fourth-order valence-corrected chi connectivity index (χ4v) is 2.83. The summed E-state index contributed by atoms with van der Waals surface area (Å²) in [7, 11) is 1.86. The van der Waals surface area contributed by atoms with Gasteiger partial charge in [-0.05, 0) is 50.2 Å². The van der Waals surface area contributed by atoms with Crippen molar-refractivity contribution in [2.24, 2.45) is 0 Å². The van der Waals surface area contributed by atoms with E-state index < -0.39 is 0 Å². The number of nitrogens with zero attached hydrogens (tertiary/aromatic N) is 1. The zero-order valence-corrected chi connectivity index (χ0v) is 16.1. The number of carbonyl (C=O) groups excluding carboxylic acids is 1. The van der Waals surface area contributed by atoms with Crippen LogP contribution in [-0.4, -0.2) is 37.6 Å². The fraction of sp³-hybridized carbons (Fsp3) is 0.316. The van der Waals surface area contributed by atoms with Gasteiger partial charge in [-0.25, -0.2) is 0 Å². The molecule has 0 radical (unpaired) electrons. The zero-order chi connectivity index (χ0) is 18.4. The second-order valence-electron chi connectivity index (χ2n) is 5.93. The van der Waals surface area contributed by atoms with Crippen LogP contribution in [0.2, 0.25) is 10.0 Å². The van der Waals surface area contributed by atoms with Gasteiger partial charge in [0, 0.05) is 12.2 Å². The summed E-state index contributed by atoms with van der Waals surface area (Å²) in [4.78, 5) is 14.1. The summed E-state index contributed by atoms with van der Waals surface area (Å²) >= 11 is 12.1. The third-order valence-electron chi connectivity index (χ3n) is 3.93. The van der Waals surface area contributed by atoms with Crippen LogP contribution in [0, 0.1) is 13.8 Å². The van der Waals surface area contributed by atoms with Crippen LogP contribution in [0.15, 0.2) is 36.4 Å². The number of nitrogens with one attached hydrogen (secondary N) is 1. The molecule has 0 saturated carbocycles. The summed E-state index contributed by atoms with van der Waals surface area (Å²) in [6, 6.07) is 11.1. The van der Waals surface area contributed by atoms with Gasteiger partial charge in [0.25, 0.3) is 0 Å². The Morgan fingerprint density at radius 1 is 1.12 bits per heavy atom. The maximum Gasteiger partial charge on any atom is 0.238 e. The molecule has 0 aliphatic carbocycles. The molecule has 0 unspecified atom stereocenters. The van der Waals surface area contributed by atoms with Gasteiger partial charge in [-0.15, -0.1) is 0 Å². The highest BCUT2D eigenvalue weighted by atomic mass is 35.5. The van der Waals surface area contributed by atoms with E-state index in [1.807, 2.05) is 44.0 Å². The molecule has 6 heteroatoms. The number of aryl methyl sites for hydroxylation is 1. The maximum absolute atomic E-state index is 12.2. The van der Waals surface area contributed by atoms with Gasteiger partial charge in [-0.2, -0.15) is 0 Å². The summed E-state index contributed by atoms with van der Waals surface area (Å²) in [5.41, 5.74) is 3.07. The van der Waals surface area contributed by atoms with Crippen LogP contribution in [0.4, 0.5) is 5.69 Å². The summed E-state index contributed by atoms with van der Waals surface area (Å²) in [5.74, 6) is 0.408. The molecule has 4 nitrogen and oxygen atoms in total. The Labute approximate surface area is 158 Å². The molecule has 0 saturated heterocycles. The van der Waals surface area contributed by atoms with Crippen molar-refractivity contribution in [3.63, 3.8) is 0 Å². The number of carbonyl (C=O) groups is 1. The van der Waals surface area contributed by atoms with E-state index in [0.29, 0.717) is 28.9 Å². The van der Waals surface area contributed by atoms with Crippen molar-refractivity contribution >= 4 is 34.8 Å². The Balaban J connectivity index is 1.81. The molecule has 134 valence electrons. The topological polar surface area (TPSA) is 41.6 Å². The van der Waals surface area contributed by atoms with E-state index >= 15 is 0 Å². The molecule has 2 rings (SSSR count). The van der Waals surface area contributed by atoms with E-state index in [-0.39, 0.29) is 12.5 Å². The van der Waals surface area contributed by atoms with Gasteiger partial charge < -0.3 is 10.1 Å². The minimum absolute atomic E-state index is 0.0630. The van der Waals surface area contributed by atoms with E-state index in [1.54, 1.807) is 18.2 Å². The highest BCUT2D eigenvalue weighted by Crippen LogP contribution is 2.32. The molecule has 0 spiro atoms. The standard InChI is InChI=1S/C19H22Cl2N2O2/c1-13-6-4-9-17(14(13)2)22-18(24)12-23(3)10-11-25-19-15(20)7-5-8-16(19)21/h4-9H,10-12H2,1-3H3,(H,22,24). The molecule has 0 fully saturated rings. The second kappa shape index (κ2) is 9.09. The highest BCUT2D eigenvalue weighted by molar-refractivity contribution is 6.37. The van der Waals surface area contributed by atoms with Crippen molar-refractivity contribution < 1.29 is 9.53 Å². The number of ether oxygens (including phenoxy) is 1. The molecule has 1 N–H and O–H groups in total. The minimum atomic E-state index is -0.0630. The van der Waals surface area contributed by atoms with Gasteiger partial charge in [-0.3, -0.25) is 9.69 Å². The lowest BCUT2D eigenvalue weighted by Crippen LogP contribution is -2.33. The lowest BCUT2D eigenvalue weighted by Gasteiger charge is -2.18. The molecule has 0 bridgehead atoms. The van der Waals surface area contributed by atoms with Crippen molar-refractivity contribution in [3.8, 4) is 5.75 Å².